The van der Waals surface area contributed by atoms with Crippen LogP contribution in [0.25, 0.3) is 10.9 Å². The highest BCUT2D eigenvalue weighted by Crippen LogP contribution is 2.12. The molecule has 0 aliphatic rings. The number of carbonyl (C=O) groups excluding carboxylic acids is 1. The average molecular weight is 420 g/mol. The van der Waals surface area contributed by atoms with Crippen LogP contribution in [0.4, 0.5) is 5.69 Å². The maximum absolute atomic E-state index is 13.1. The predicted octanol–water partition coefficient (Wildman–Crippen LogP) is 3.41. The Balaban J connectivity index is 1.69. The lowest BCUT2D eigenvalue weighted by Crippen LogP contribution is -2.42. The molecule has 152 valence electrons. The highest BCUT2D eigenvalue weighted by molar-refractivity contribution is 7.09. The second kappa shape index (κ2) is 8.51. The Hall–Kier alpha value is -3.45. The fourth-order valence-corrected chi connectivity index (χ4v) is 4.08. The first-order valence-corrected chi connectivity index (χ1v) is 10.5. The van der Waals surface area contributed by atoms with Crippen molar-refractivity contribution in [3.8, 4) is 0 Å². The van der Waals surface area contributed by atoms with Gasteiger partial charge in [0.2, 0.25) is 5.91 Å². The second-order valence-corrected chi connectivity index (χ2v) is 8.12. The summed E-state index contributed by atoms with van der Waals surface area (Å²) in [5.41, 5.74) is 1.40. The monoisotopic (exact) mass is 419 g/mol. The minimum absolute atomic E-state index is 0.174. The molecule has 0 unspecified atom stereocenters. The maximum atomic E-state index is 13.1. The van der Waals surface area contributed by atoms with Crippen molar-refractivity contribution < 1.29 is 4.79 Å². The molecular weight excluding hydrogens is 398 g/mol. The Morgan fingerprint density at radius 3 is 2.47 bits per heavy atom. The molecule has 4 rings (SSSR count). The number of thiophene rings is 1. The molecular formula is C23H21N3O3S. The standard InChI is InChI=1S/C23H21N3O3S/c1-16-8-10-17(11-9-16)24-21(27)15-26-20-7-3-2-6-19(20)22(28)25(23(26)29)13-12-18-5-4-14-30-18/h2-11,14H,12-13,15H2,1H3,(H,24,27). The van der Waals surface area contributed by atoms with Crippen LogP contribution < -0.4 is 16.6 Å². The molecule has 0 fully saturated rings. The average Bonchev–Trinajstić information content (AvgIpc) is 3.26. The summed E-state index contributed by atoms with van der Waals surface area (Å²) < 4.78 is 2.59. The van der Waals surface area contributed by atoms with Gasteiger partial charge in [-0.05, 0) is 49.1 Å². The molecule has 0 saturated carbocycles. The summed E-state index contributed by atoms with van der Waals surface area (Å²) in [4.78, 5) is 39.8. The molecule has 1 N–H and O–H groups in total. The SMILES string of the molecule is Cc1ccc(NC(=O)Cn2c(=O)n(CCc3cccs3)c(=O)c3ccccc32)cc1. The van der Waals surface area contributed by atoms with Crippen LogP contribution in [0.3, 0.4) is 0 Å². The van der Waals surface area contributed by atoms with Crippen LogP contribution in [0.15, 0.2) is 75.6 Å². The molecule has 1 amide bonds. The number of amides is 1. The van der Waals surface area contributed by atoms with Crippen LogP contribution in [0.1, 0.15) is 10.4 Å². The molecule has 30 heavy (non-hydrogen) atoms. The Bertz CT molecular complexity index is 1300. The first-order chi connectivity index (χ1) is 14.5. The molecule has 2 aromatic heterocycles. The summed E-state index contributed by atoms with van der Waals surface area (Å²) in [6.07, 6.45) is 0.584. The molecule has 6 nitrogen and oxygen atoms in total. The van der Waals surface area contributed by atoms with Gasteiger partial charge < -0.3 is 5.32 Å². The van der Waals surface area contributed by atoms with E-state index in [1.165, 1.54) is 9.13 Å². The van der Waals surface area contributed by atoms with Gasteiger partial charge in [0.25, 0.3) is 5.56 Å². The summed E-state index contributed by atoms with van der Waals surface area (Å²) in [7, 11) is 0. The molecule has 0 aliphatic heterocycles. The second-order valence-electron chi connectivity index (χ2n) is 7.09. The van der Waals surface area contributed by atoms with Gasteiger partial charge in [0.1, 0.15) is 6.54 Å². The first kappa shape index (κ1) is 19.8. The van der Waals surface area contributed by atoms with E-state index >= 15 is 0 Å². The lowest BCUT2D eigenvalue weighted by atomic mass is 10.2. The third-order valence-electron chi connectivity index (χ3n) is 4.93. The van der Waals surface area contributed by atoms with Gasteiger partial charge in [-0.25, -0.2) is 4.79 Å². The molecule has 2 aromatic carbocycles. The van der Waals surface area contributed by atoms with Crippen molar-refractivity contribution in [1.29, 1.82) is 0 Å². The largest absolute Gasteiger partial charge is 0.331 e. The lowest BCUT2D eigenvalue weighted by molar-refractivity contribution is -0.116. The topological polar surface area (TPSA) is 73.1 Å². The Labute approximate surface area is 177 Å². The van der Waals surface area contributed by atoms with E-state index < -0.39 is 5.69 Å². The molecule has 0 aliphatic carbocycles. The van der Waals surface area contributed by atoms with Gasteiger partial charge in [0.15, 0.2) is 0 Å². The molecule has 0 spiro atoms. The number of carbonyl (C=O) groups is 1. The number of para-hydroxylation sites is 1. The molecule has 0 bridgehead atoms. The Morgan fingerprint density at radius 1 is 0.967 bits per heavy atom. The smallest absolute Gasteiger partial charge is 0.325 e. The molecule has 0 radical (unpaired) electrons. The van der Waals surface area contributed by atoms with Crippen LogP contribution in [0.5, 0.6) is 0 Å². The fourth-order valence-electron chi connectivity index (χ4n) is 3.38. The summed E-state index contributed by atoms with van der Waals surface area (Å²) in [5, 5.41) is 5.20. The zero-order chi connectivity index (χ0) is 21.1. The van der Waals surface area contributed by atoms with E-state index in [2.05, 4.69) is 5.32 Å². The molecule has 2 heterocycles. The third-order valence-corrected chi connectivity index (χ3v) is 5.87. The van der Waals surface area contributed by atoms with Gasteiger partial charge >= 0.3 is 5.69 Å². The Morgan fingerprint density at radius 2 is 1.73 bits per heavy atom. The summed E-state index contributed by atoms with van der Waals surface area (Å²) in [5.74, 6) is -0.324. The van der Waals surface area contributed by atoms with Crippen molar-refractivity contribution in [2.24, 2.45) is 0 Å². The molecule has 7 heteroatoms. The number of benzene rings is 2. The van der Waals surface area contributed by atoms with Crippen molar-refractivity contribution >= 4 is 33.8 Å². The summed E-state index contributed by atoms with van der Waals surface area (Å²) >= 11 is 1.59. The number of rotatable bonds is 6. The number of nitrogens with zero attached hydrogens (tertiary/aromatic N) is 2. The van der Waals surface area contributed by atoms with Gasteiger partial charge in [-0.15, -0.1) is 11.3 Å². The number of hydrogen-bond acceptors (Lipinski definition) is 4. The van der Waals surface area contributed by atoms with E-state index in [0.29, 0.717) is 23.0 Å². The zero-order valence-corrected chi connectivity index (χ0v) is 17.3. The van der Waals surface area contributed by atoms with E-state index in [1.807, 2.05) is 48.7 Å². The van der Waals surface area contributed by atoms with Crippen molar-refractivity contribution in [3.63, 3.8) is 0 Å². The van der Waals surface area contributed by atoms with Gasteiger partial charge in [-0.3, -0.25) is 18.7 Å². The van der Waals surface area contributed by atoms with Crippen LogP contribution >= 0.6 is 11.3 Å². The predicted molar refractivity (Wildman–Crippen MR) is 120 cm³/mol. The highest BCUT2D eigenvalue weighted by atomic mass is 32.1. The molecule has 4 aromatic rings. The van der Waals surface area contributed by atoms with Crippen LogP contribution in [0.2, 0.25) is 0 Å². The fraction of sp³-hybridized carbons (Fsp3) is 0.174. The van der Waals surface area contributed by atoms with Crippen molar-refractivity contribution in [1.82, 2.24) is 9.13 Å². The van der Waals surface area contributed by atoms with E-state index in [4.69, 9.17) is 0 Å². The van der Waals surface area contributed by atoms with Crippen LogP contribution in [-0.2, 0) is 24.3 Å². The minimum atomic E-state index is -0.477. The van der Waals surface area contributed by atoms with E-state index in [9.17, 15) is 14.4 Å². The zero-order valence-electron chi connectivity index (χ0n) is 16.5. The summed E-state index contributed by atoms with van der Waals surface area (Å²) in [6, 6.07) is 18.3. The van der Waals surface area contributed by atoms with E-state index in [1.54, 1.807) is 35.6 Å². The Kier molecular flexibility index (Phi) is 5.63. The number of hydrogen-bond donors (Lipinski definition) is 1. The number of nitrogens with one attached hydrogen (secondary N) is 1. The molecule has 0 saturated heterocycles. The van der Waals surface area contributed by atoms with Gasteiger partial charge in [-0.2, -0.15) is 0 Å². The van der Waals surface area contributed by atoms with Gasteiger partial charge in [-0.1, -0.05) is 35.9 Å². The van der Waals surface area contributed by atoms with Crippen LogP contribution in [0, 0.1) is 6.92 Å². The quantitative estimate of drug-likeness (QED) is 0.521. The highest BCUT2D eigenvalue weighted by Gasteiger charge is 2.15. The van der Waals surface area contributed by atoms with Crippen molar-refractivity contribution in [2.75, 3.05) is 5.32 Å². The lowest BCUT2D eigenvalue weighted by Gasteiger charge is -2.14. The van der Waals surface area contributed by atoms with Crippen molar-refractivity contribution in [2.45, 2.75) is 26.4 Å². The number of fused-ring (bicyclic) bond motifs is 1. The number of aryl methyl sites for hydroxylation is 2. The maximum Gasteiger partial charge on any atom is 0.331 e. The van der Waals surface area contributed by atoms with E-state index in [-0.39, 0.29) is 24.6 Å². The number of anilines is 1. The van der Waals surface area contributed by atoms with Crippen molar-refractivity contribution in [3.05, 3.63) is 97.3 Å². The molecule has 0 atom stereocenters. The van der Waals surface area contributed by atoms with E-state index in [0.717, 1.165) is 10.4 Å². The number of aromatic nitrogens is 2. The van der Waals surface area contributed by atoms with Gasteiger partial charge in [0, 0.05) is 17.1 Å². The summed E-state index contributed by atoms with van der Waals surface area (Å²) in [6.45, 7) is 2.06. The first-order valence-electron chi connectivity index (χ1n) is 9.64. The van der Waals surface area contributed by atoms with Gasteiger partial charge in [0.05, 0.1) is 10.9 Å². The normalized spacial score (nSPS) is 11.0. The minimum Gasteiger partial charge on any atom is -0.325 e. The third kappa shape index (κ3) is 4.11. The van der Waals surface area contributed by atoms with Crippen LogP contribution in [-0.4, -0.2) is 15.0 Å².